The number of carboxylic acids is 1. The number of hydrogen-bond donors (Lipinski definition) is 2. The van der Waals surface area contributed by atoms with Crippen molar-refractivity contribution in [2.45, 2.75) is 15.6 Å². The van der Waals surface area contributed by atoms with Crippen LogP contribution < -0.4 is 5.32 Å². The van der Waals surface area contributed by atoms with Gasteiger partial charge in [-0.05, 0) is 0 Å². The number of carbonyl (C=O) groups excluding carboxylic acids is 2. The molecule has 7 nitrogen and oxygen atoms in total. The highest BCUT2D eigenvalue weighted by Crippen LogP contribution is 2.44. The van der Waals surface area contributed by atoms with Gasteiger partial charge in [0, 0.05) is 11.9 Å². The Bertz CT molecular complexity index is 476. The zero-order valence-corrected chi connectivity index (χ0v) is 13.4. The van der Waals surface area contributed by atoms with Gasteiger partial charge in [0.15, 0.2) is 0 Å². The first-order chi connectivity index (χ1) is 8.90. The molecule has 0 saturated carbocycles. The first-order valence-corrected chi connectivity index (χ1v) is 8.55. The molecule has 2 N–H and O–H groups in total. The van der Waals surface area contributed by atoms with E-state index in [1.54, 1.807) is 0 Å². The van der Waals surface area contributed by atoms with Crippen LogP contribution in [0.2, 0.25) is 0 Å². The maximum atomic E-state index is 12.3. The van der Waals surface area contributed by atoms with Gasteiger partial charge in [-0.2, -0.15) is 0 Å². The molecule has 0 aromatic rings. The minimum absolute atomic E-state index is 0.0459. The van der Waals surface area contributed by atoms with Crippen LogP contribution in [-0.2, 0) is 25.2 Å². The highest BCUT2D eigenvalue weighted by molar-refractivity contribution is 9.11. The summed E-state index contributed by atoms with van der Waals surface area (Å²) < 4.78 is 11.5. The lowest BCUT2D eigenvalue weighted by atomic mass is 9.89. The summed E-state index contributed by atoms with van der Waals surface area (Å²) >= 11 is 6.29. The molecule has 0 radical (unpaired) electrons. The predicted molar refractivity (Wildman–Crippen MR) is 73.2 cm³/mol. The van der Waals surface area contributed by atoms with E-state index in [1.807, 2.05) is 0 Å². The Labute approximate surface area is 127 Å². The van der Waals surface area contributed by atoms with Crippen LogP contribution in [0.5, 0.6) is 0 Å². The molecule has 2 aliphatic heterocycles. The minimum atomic E-state index is -1.63. The number of nitrogens with one attached hydrogen (secondary N) is 1. The summed E-state index contributed by atoms with van der Waals surface area (Å²) in [5, 5.41) is 11.1. The van der Waals surface area contributed by atoms with Crippen molar-refractivity contribution in [3.8, 4) is 0 Å². The molecule has 0 spiro atoms. The van der Waals surface area contributed by atoms with Crippen LogP contribution in [0.3, 0.4) is 0 Å². The fourth-order valence-electron chi connectivity index (χ4n) is 2.22. The largest absolute Gasteiger partial charge is 0.481 e. The van der Waals surface area contributed by atoms with Crippen LogP contribution in [0.1, 0.15) is 0 Å². The molecule has 19 heavy (non-hydrogen) atoms. The van der Waals surface area contributed by atoms with Crippen LogP contribution >= 0.6 is 31.9 Å². The van der Waals surface area contributed by atoms with Crippen molar-refractivity contribution in [3.63, 3.8) is 0 Å². The fourth-order valence-corrected chi connectivity index (χ4v) is 6.62. The molecule has 10 heteroatoms. The summed E-state index contributed by atoms with van der Waals surface area (Å²) in [5.41, 5.74) is -1.34. The van der Waals surface area contributed by atoms with Crippen molar-refractivity contribution < 1.29 is 23.7 Å². The number of carboxylic acid groups (broad SMARTS) is 1. The minimum Gasteiger partial charge on any atom is -0.481 e. The van der Waals surface area contributed by atoms with Crippen LogP contribution in [0, 0.1) is 5.41 Å². The van der Waals surface area contributed by atoms with Gasteiger partial charge in [0.25, 0.3) is 0 Å². The molecule has 2 fully saturated rings. The second kappa shape index (κ2) is 5.13. The Morgan fingerprint density at radius 2 is 2.32 bits per heavy atom. The van der Waals surface area contributed by atoms with Crippen molar-refractivity contribution in [1.29, 1.82) is 0 Å². The zero-order chi connectivity index (χ0) is 14.4. The van der Waals surface area contributed by atoms with Crippen molar-refractivity contribution in [3.05, 3.63) is 0 Å². The van der Waals surface area contributed by atoms with Crippen LogP contribution in [-0.4, -0.2) is 60.0 Å². The van der Waals surface area contributed by atoms with Crippen molar-refractivity contribution >= 4 is 60.9 Å². The van der Waals surface area contributed by atoms with E-state index in [4.69, 9.17) is 0 Å². The summed E-state index contributed by atoms with van der Waals surface area (Å²) in [6.07, 6.45) is 0.379. The Morgan fingerprint density at radius 3 is 2.79 bits per heavy atom. The lowest BCUT2D eigenvalue weighted by Crippen LogP contribution is -2.77. The average molecular weight is 418 g/mol. The van der Waals surface area contributed by atoms with Crippen molar-refractivity contribution in [2.24, 2.45) is 5.41 Å². The summed E-state index contributed by atoms with van der Waals surface area (Å²) in [6, 6.07) is -0.833. The van der Waals surface area contributed by atoms with Gasteiger partial charge >= 0.3 is 5.97 Å². The zero-order valence-electron chi connectivity index (χ0n) is 9.42. The Balaban J connectivity index is 2.33. The number of aliphatic carboxylic acids is 1. The van der Waals surface area contributed by atoms with E-state index in [9.17, 15) is 23.7 Å². The second-order valence-electron chi connectivity index (χ2n) is 4.36. The Kier molecular flexibility index (Phi) is 4.03. The van der Waals surface area contributed by atoms with E-state index in [2.05, 4.69) is 37.2 Å². The normalized spacial score (nSPS) is 41.2. The van der Waals surface area contributed by atoms with Crippen molar-refractivity contribution in [2.75, 3.05) is 11.9 Å². The van der Waals surface area contributed by atoms with Crippen molar-refractivity contribution in [1.82, 2.24) is 10.2 Å². The third-order valence-corrected chi connectivity index (χ3v) is 8.23. The molecule has 2 saturated heterocycles. The molecule has 2 heterocycles. The molecule has 0 aliphatic carbocycles. The SMILES string of the molecule is O=CN[C@@H]1C(=O)N2CC(CBr)(C(=O)O)C(Br)[S@@](=O)[C@H]12. The molecule has 0 aromatic heterocycles. The van der Waals surface area contributed by atoms with E-state index in [0.29, 0.717) is 6.41 Å². The van der Waals surface area contributed by atoms with Gasteiger partial charge in [0.1, 0.15) is 21.0 Å². The lowest BCUT2D eigenvalue weighted by molar-refractivity contribution is -0.157. The number of nitrogens with zero attached hydrogens (tertiary/aromatic N) is 1. The highest BCUT2D eigenvalue weighted by atomic mass is 79.9. The molecule has 0 bridgehead atoms. The number of fused-ring (bicyclic) bond motifs is 1. The number of hydrogen-bond acceptors (Lipinski definition) is 4. The number of alkyl halides is 2. The van der Waals surface area contributed by atoms with Gasteiger partial charge in [0.2, 0.25) is 12.3 Å². The fraction of sp³-hybridized carbons (Fsp3) is 0.667. The molecule has 0 aromatic carbocycles. The quantitative estimate of drug-likeness (QED) is 0.354. The van der Waals surface area contributed by atoms with Gasteiger partial charge in [-0.15, -0.1) is 0 Å². The van der Waals surface area contributed by atoms with Gasteiger partial charge in [0.05, 0.1) is 10.8 Å². The second-order valence-corrected chi connectivity index (χ2v) is 8.05. The maximum absolute atomic E-state index is 12.3. The molecule has 2 aliphatic rings. The highest BCUT2D eigenvalue weighted by Gasteiger charge is 2.63. The van der Waals surface area contributed by atoms with E-state index >= 15 is 0 Å². The molecular formula is C9H10Br2N2O5S. The maximum Gasteiger partial charge on any atom is 0.314 e. The summed E-state index contributed by atoms with van der Waals surface area (Å²) in [4.78, 5) is 34.9. The number of halogens is 2. The van der Waals surface area contributed by atoms with Crippen LogP contribution in [0.25, 0.3) is 0 Å². The van der Waals surface area contributed by atoms with E-state index < -0.39 is 43.7 Å². The standard InChI is InChI=1S/C9H10Br2N2O5S/c10-1-9(8(16)17)2-13-5(15)4(12-3-14)6(13)19(18)7(9)11/h3-4,6-7H,1-2H2,(H,12,14)(H,16,17)/t4-,6-,7?,9?,19+/m1/s1. The first kappa shape index (κ1) is 14.9. The molecule has 5 atom stereocenters. The summed E-state index contributed by atoms with van der Waals surface area (Å²) in [7, 11) is -1.63. The average Bonchev–Trinajstić information content (AvgIpc) is 2.39. The number of rotatable bonds is 4. The molecular weight excluding hydrogens is 408 g/mol. The van der Waals surface area contributed by atoms with Crippen LogP contribution in [0.15, 0.2) is 0 Å². The van der Waals surface area contributed by atoms with Gasteiger partial charge in [-0.3, -0.25) is 18.6 Å². The Morgan fingerprint density at radius 1 is 1.68 bits per heavy atom. The molecule has 106 valence electrons. The monoisotopic (exact) mass is 416 g/mol. The first-order valence-electron chi connectivity index (χ1n) is 5.23. The van der Waals surface area contributed by atoms with Gasteiger partial charge in [-0.25, -0.2) is 0 Å². The third kappa shape index (κ3) is 1.95. The summed E-state index contributed by atoms with van der Waals surface area (Å²) in [6.45, 7) is -0.0459. The smallest absolute Gasteiger partial charge is 0.314 e. The molecule has 2 amide bonds. The molecule has 2 unspecified atom stereocenters. The topological polar surface area (TPSA) is 104 Å². The van der Waals surface area contributed by atoms with Crippen LogP contribution in [0.4, 0.5) is 0 Å². The Hall–Kier alpha value is -0.480. The van der Waals surface area contributed by atoms with Gasteiger partial charge in [-0.1, -0.05) is 31.9 Å². The third-order valence-electron chi connectivity index (χ3n) is 3.38. The van der Waals surface area contributed by atoms with E-state index in [-0.39, 0.29) is 11.9 Å². The number of β-lactam (4-membered cyclic amide) rings is 1. The van der Waals surface area contributed by atoms with Gasteiger partial charge < -0.3 is 15.3 Å². The van der Waals surface area contributed by atoms with E-state index in [1.165, 1.54) is 4.90 Å². The lowest BCUT2D eigenvalue weighted by Gasteiger charge is -2.54. The number of amides is 2. The summed E-state index contributed by atoms with van der Waals surface area (Å²) in [5.74, 6) is -1.53. The number of carbonyl (C=O) groups is 3. The predicted octanol–water partition coefficient (Wildman–Crippen LogP) is -0.781. The van der Waals surface area contributed by atoms with E-state index in [0.717, 1.165) is 0 Å². The molecule has 2 rings (SSSR count).